The Hall–Kier alpha value is -2.28. The Kier molecular flexibility index (Phi) is 5.84. The molecule has 0 saturated carbocycles. The SMILES string of the molecule is CCN1C[C@]2(CC1=O)CN(C(=O)c1ccc(Cl)cc1)CCN(C(=O)N(C)C)C2. The van der Waals surface area contributed by atoms with Crippen LogP contribution in [0, 0.1) is 5.41 Å². The molecule has 2 aliphatic heterocycles. The molecule has 2 aliphatic rings. The van der Waals surface area contributed by atoms with E-state index in [-0.39, 0.29) is 17.8 Å². The summed E-state index contributed by atoms with van der Waals surface area (Å²) < 4.78 is 0. The number of urea groups is 1. The Balaban J connectivity index is 1.89. The van der Waals surface area contributed by atoms with E-state index in [2.05, 4.69) is 0 Å². The zero-order chi connectivity index (χ0) is 20.5. The van der Waals surface area contributed by atoms with Crippen LogP contribution in [0.1, 0.15) is 23.7 Å². The van der Waals surface area contributed by atoms with Gasteiger partial charge in [0.25, 0.3) is 5.91 Å². The average molecular weight is 407 g/mol. The average Bonchev–Trinajstić information content (AvgIpc) is 2.86. The number of rotatable bonds is 2. The highest BCUT2D eigenvalue weighted by molar-refractivity contribution is 6.30. The fourth-order valence-corrected chi connectivity index (χ4v) is 4.26. The zero-order valence-corrected chi connectivity index (χ0v) is 17.4. The summed E-state index contributed by atoms with van der Waals surface area (Å²) in [6.07, 6.45) is 0.350. The Bertz CT molecular complexity index is 767. The molecular weight excluding hydrogens is 380 g/mol. The van der Waals surface area contributed by atoms with E-state index in [0.29, 0.717) is 56.3 Å². The van der Waals surface area contributed by atoms with Gasteiger partial charge in [-0.05, 0) is 31.2 Å². The van der Waals surface area contributed by atoms with Crippen molar-refractivity contribution in [1.29, 1.82) is 0 Å². The standard InChI is InChI=1S/C20H27ClN4O3/c1-4-23-12-20(11-17(23)26)13-24(9-10-25(14-20)19(28)22(2)3)18(27)15-5-7-16(21)8-6-15/h5-8H,4,9-14H2,1-3H3/t20-/m1/s1. The van der Waals surface area contributed by atoms with E-state index in [0.717, 1.165) is 0 Å². The first-order valence-corrected chi connectivity index (χ1v) is 9.91. The lowest BCUT2D eigenvalue weighted by Crippen LogP contribution is -2.47. The summed E-state index contributed by atoms with van der Waals surface area (Å²) in [4.78, 5) is 45.1. The minimum Gasteiger partial charge on any atom is -0.342 e. The highest BCUT2D eigenvalue weighted by Gasteiger charge is 2.47. The molecule has 0 unspecified atom stereocenters. The first-order chi connectivity index (χ1) is 13.2. The molecule has 2 fully saturated rings. The largest absolute Gasteiger partial charge is 0.342 e. The number of amides is 4. The summed E-state index contributed by atoms with van der Waals surface area (Å²) in [7, 11) is 3.43. The summed E-state index contributed by atoms with van der Waals surface area (Å²) in [6, 6.07) is 6.72. The summed E-state index contributed by atoms with van der Waals surface area (Å²) in [5.41, 5.74) is 0.112. The Morgan fingerprint density at radius 3 is 2.25 bits per heavy atom. The highest BCUT2D eigenvalue weighted by Crippen LogP contribution is 2.35. The molecule has 1 atom stereocenters. The van der Waals surface area contributed by atoms with Gasteiger partial charge < -0.3 is 19.6 Å². The fraction of sp³-hybridized carbons (Fsp3) is 0.550. The molecular formula is C20H27ClN4O3. The minimum absolute atomic E-state index is 0.0838. The molecule has 1 aromatic rings. The van der Waals surface area contributed by atoms with Gasteiger partial charge >= 0.3 is 6.03 Å². The third-order valence-corrected chi connectivity index (χ3v) is 5.76. The molecule has 8 heteroatoms. The molecule has 0 bridgehead atoms. The molecule has 3 rings (SSSR count). The predicted octanol–water partition coefficient (Wildman–Crippen LogP) is 2.02. The van der Waals surface area contributed by atoms with Crippen LogP contribution in [0.3, 0.4) is 0 Å². The molecule has 2 saturated heterocycles. The molecule has 0 N–H and O–H groups in total. The van der Waals surface area contributed by atoms with Gasteiger partial charge in [0, 0.05) is 75.8 Å². The van der Waals surface area contributed by atoms with E-state index in [9.17, 15) is 14.4 Å². The quantitative estimate of drug-likeness (QED) is 0.754. The second-order valence-electron chi connectivity index (χ2n) is 7.92. The second kappa shape index (κ2) is 7.99. The van der Waals surface area contributed by atoms with Crippen LogP contribution in [-0.4, -0.2) is 90.8 Å². The second-order valence-corrected chi connectivity index (χ2v) is 8.35. The fourth-order valence-electron chi connectivity index (χ4n) is 4.14. The number of halogens is 1. The smallest absolute Gasteiger partial charge is 0.319 e. The summed E-state index contributed by atoms with van der Waals surface area (Å²) >= 11 is 5.94. The van der Waals surface area contributed by atoms with Gasteiger partial charge in [0.1, 0.15) is 0 Å². The molecule has 4 amide bonds. The topological polar surface area (TPSA) is 64.2 Å². The molecule has 0 radical (unpaired) electrons. The van der Waals surface area contributed by atoms with Crippen molar-refractivity contribution in [2.24, 2.45) is 5.41 Å². The van der Waals surface area contributed by atoms with Crippen LogP contribution in [0.4, 0.5) is 4.79 Å². The summed E-state index contributed by atoms with van der Waals surface area (Å²) in [6.45, 7) is 4.94. The van der Waals surface area contributed by atoms with Gasteiger partial charge in [0.2, 0.25) is 5.91 Å². The number of nitrogens with zero attached hydrogens (tertiary/aromatic N) is 4. The molecule has 152 valence electrons. The minimum atomic E-state index is -0.447. The predicted molar refractivity (Wildman–Crippen MR) is 107 cm³/mol. The molecule has 0 aromatic heterocycles. The molecule has 2 heterocycles. The van der Waals surface area contributed by atoms with Gasteiger partial charge in [0.05, 0.1) is 0 Å². The van der Waals surface area contributed by atoms with E-state index in [1.54, 1.807) is 53.1 Å². The van der Waals surface area contributed by atoms with Crippen molar-refractivity contribution in [3.8, 4) is 0 Å². The lowest BCUT2D eigenvalue weighted by molar-refractivity contribution is -0.127. The van der Waals surface area contributed by atoms with Crippen molar-refractivity contribution < 1.29 is 14.4 Å². The monoisotopic (exact) mass is 406 g/mol. The van der Waals surface area contributed by atoms with Crippen LogP contribution in [0.2, 0.25) is 5.02 Å². The van der Waals surface area contributed by atoms with Crippen molar-refractivity contribution in [3.05, 3.63) is 34.9 Å². The van der Waals surface area contributed by atoms with Crippen molar-refractivity contribution in [2.75, 3.05) is 53.4 Å². The number of likely N-dealkylation sites (tertiary alicyclic amines) is 1. The van der Waals surface area contributed by atoms with Crippen LogP contribution < -0.4 is 0 Å². The lowest BCUT2D eigenvalue weighted by atomic mass is 9.85. The van der Waals surface area contributed by atoms with Gasteiger partial charge in [-0.15, -0.1) is 0 Å². The molecule has 28 heavy (non-hydrogen) atoms. The Morgan fingerprint density at radius 2 is 1.68 bits per heavy atom. The van der Waals surface area contributed by atoms with E-state index in [4.69, 9.17) is 11.6 Å². The maximum Gasteiger partial charge on any atom is 0.319 e. The highest BCUT2D eigenvalue weighted by atomic mass is 35.5. The number of carbonyl (C=O) groups excluding carboxylic acids is 3. The normalized spacial score (nSPS) is 22.6. The molecule has 0 aliphatic carbocycles. The van der Waals surface area contributed by atoms with Gasteiger partial charge in [0.15, 0.2) is 0 Å². The van der Waals surface area contributed by atoms with Crippen molar-refractivity contribution in [1.82, 2.24) is 19.6 Å². The Labute approximate surface area is 170 Å². The van der Waals surface area contributed by atoms with E-state index < -0.39 is 5.41 Å². The first-order valence-electron chi connectivity index (χ1n) is 9.53. The lowest BCUT2D eigenvalue weighted by Gasteiger charge is -2.34. The molecule has 1 aromatic carbocycles. The van der Waals surface area contributed by atoms with Crippen LogP contribution >= 0.6 is 11.6 Å². The van der Waals surface area contributed by atoms with Crippen LogP contribution in [-0.2, 0) is 4.79 Å². The van der Waals surface area contributed by atoms with Crippen LogP contribution in [0.5, 0.6) is 0 Å². The molecule has 7 nitrogen and oxygen atoms in total. The zero-order valence-electron chi connectivity index (χ0n) is 16.7. The van der Waals surface area contributed by atoms with Crippen LogP contribution in [0.15, 0.2) is 24.3 Å². The maximum absolute atomic E-state index is 13.1. The van der Waals surface area contributed by atoms with Gasteiger partial charge in [-0.25, -0.2) is 4.79 Å². The first kappa shape index (κ1) is 20.5. The van der Waals surface area contributed by atoms with Crippen molar-refractivity contribution in [2.45, 2.75) is 13.3 Å². The van der Waals surface area contributed by atoms with Gasteiger partial charge in [-0.2, -0.15) is 0 Å². The third kappa shape index (κ3) is 4.09. The summed E-state index contributed by atoms with van der Waals surface area (Å²) in [5.74, 6) is -0.0156. The molecule has 1 spiro atoms. The summed E-state index contributed by atoms with van der Waals surface area (Å²) in [5, 5.41) is 0.576. The Morgan fingerprint density at radius 1 is 1.07 bits per heavy atom. The number of hydrogen-bond acceptors (Lipinski definition) is 3. The number of carbonyl (C=O) groups is 3. The van der Waals surface area contributed by atoms with Crippen molar-refractivity contribution in [3.63, 3.8) is 0 Å². The van der Waals surface area contributed by atoms with Crippen molar-refractivity contribution >= 4 is 29.4 Å². The van der Waals surface area contributed by atoms with Crippen LogP contribution in [0.25, 0.3) is 0 Å². The number of hydrogen-bond donors (Lipinski definition) is 0. The van der Waals surface area contributed by atoms with E-state index in [1.807, 2.05) is 11.8 Å². The van der Waals surface area contributed by atoms with E-state index in [1.165, 1.54) is 0 Å². The maximum atomic E-state index is 13.1. The third-order valence-electron chi connectivity index (χ3n) is 5.51. The van der Waals surface area contributed by atoms with E-state index >= 15 is 0 Å². The number of benzene rings is 1. The van der Waals surface area contributed by atoms with Gasteiger partial charge in [-0.1, -0.05) is 11.6 Å². The van der Waals surface area contributed by atoms with Gasteiger partial charge in [-0.3, -0.25) is 9.59 Å².